The van der Waals surface area contributed by atoms with E-state index in [9.17, 15) is 0 Å². The maximum Gasteiger partial charge on any atom is 0.167 e. The molecule has 1 aromatic carbocycles. The van der Waals surface area contributed by atoms with Crippen molar-refractivity contribution in [3.05, 3.63) is 30.0 Å². The monoisotopic (exact) mass is 222 g/mol. The second-order valence-electron chi connectivity index (χ2n) is 2.69. The van der Waals surface area contributed by atoms with E-state index in [-0.39, 0.29) is 0 Å². The molecule has 2 aromatic rings. The third-order valence-electron chi connectivity index (χ3n) is 1.92. The van der Waals surface area contributed by atoms with Crippen LogP contribution in [0.15, 0.2) is 28.7 Å². The normalized spacial score (nSPS) is 8.62. The third kappa shape index (κ3) is 3.02. The quantitative estimate of drug-likeness (QED) is 0.691. The summed E-state index contributed by atoms with van der Waals surface area (Å²) in [5.74, 6) is 1.67. The van der Waals surface area contributed by atoms with Gasteiger partial charge in [0.15, 0.2) is 5.75 Å². The smallest absolute Gasteiger partial charge is 0.167 e. The van der Waals surface area contributed by atoms with E-state index in [1.807, 2.05) is 58.9 Å². The number of para-hydroxylation sites is 1. The van der Waals surface area contributed by atoms with Gasteiger partial charge in [-0.05, 0) is 19.1 Å². The molecule has 0 N–H and O–H groups in total. The second kappa shape index (κ2) is 7.80. The minimum Gasteiger partial charge on any atom is -0.492 e. The molecule has 0 amide bonds. The Balaban J connectivity index is 0.000000509. The first-order chi connectivity index (χ1) is 7.83. The summed E-state index contributed by atoms with van der Waals surface area (Å²) >= 11 is 0. The highest BCUT2D eigenvalue weighted by atomic mass is 16.5. The van der Waals surface area contributed by atoms with Crippen molar-refractivity contribution < 1.29 is 9.15 Å². The molecule has 0 aliphatic heterocycles. The molecule has 0 aliphatic carbocycles. The lowest BCUT2D eigenvalue weighted by Gasteiger charge is -1.94. The molecule has 1 heterocycles. The fourth-order valence-electron chi connectivity index (χ4n) is 1.40. The van der Waals surface area contributed by atoms with Crippen molar-refractivity contribution in [3.63, 3.8) is 0 Å². The van der Waals surface area contributed by atoms with Gasteiger partial charge in [-0.25, -0.2) is 0 Å². The van der Waals surface area contributed by atoms with Crippen LogP contribution in [0.1, 0.15) is 33.5 Å². The van der Waals surface area contributed by atoms with Gasteiger partial charge in [0.25, 0.3) is 0 Å². The first-order valence-electron chi connectivity index (χ1n) is 5.85. The van der Waals surface area contributed by atoms with E-state index < -0.39 is 0 Å². The van der Waals surface area contributed by atoms with Crippen LogP contribution in [0.25, 0.3) is 11.0 Å². The second-order valence-corrected chi connectivity index (χ2v) is 2.69. The van der Waals surface area contributed by atoms with Crippen molar-refractivity contribution in [2.75, 3.05) is 7.11 Å². The summed E-state index contributed by atoms with van der Waals surface area (Å²) in [5, 5.41) is 1.04. The zero-order chi connectivity index (χ0) is 12.6. The minimum absolute atomic E-state index is 0.832. The maximum absolute atomic E-state index is 5.46. The lowest BCUT2D eigenvalue weighted by atomic mass is 10.2. The Labute approximate surface area is 98.2 Å². The van der Waals surface area contributed by atoms with Crippen molar-refractivity contribution in [1.82, 2.24) is 0 Å². The molecule has 2 heteroatoms. The van der Waals surface area contributed by atoms with E-state index in [0.29, 0.717) is 0 Å². The van der Waals surface area contributed by atoms with Crippen LogP contribution in [-0.2, 0) is 0 Å². The van der Waals surface area contributed by atoms with E-state index >= 15 is 0 Å². The molecule has 0 saturated heterocycles. The number of rotatable bonds is 1. The summed E-state index contributed by atoms with van der Waals surface area (Å²) < 4.78 is 10.7. The molecule has 0 fully saturated rings. The van der Waals surface area contributed by atoms with Crippen LogP contribution in [0.5, 0.6) is 5.75 Å². The molecule has 0 radical (unpaired) electrons. The van der Waals surface area contributed by atoms with Gasteiger partial charge in [-0.2, -0.15) is 0 Å². The van der Waals surface area contributed by atoms with Gasteiger partial charge in [0, 0.05) is 0 Å². The van der Waals surface area contributed by atoms with Gasteiger partial charge in [-0.1, -0.05) is 39.8 Å². The van der Waals surface area contributed by atoms with Crippen molar-refractivity contribution in [2.45, 2.75) is 34.6 Å². The first kappa shape index (κ1) is 14.6. The molecule has 0 atom stereocenters. The molecule has 1 aromatic heterocycles. The van der Waals surface area contributed by atoms with E-state index in [1.165, 1.54) is 0 Å². The van der Waals surface area contributed by atoms with Crippen LogP contribution in [0.4, 0.5) is 0 Å². The van der Waals surface area contributed by atoms with Gasteiger partial charge in [0.05, 0.1) is 12.5 Å². The Hall–Kier alpha value is -1.44. The molecule has 16 heavy (non-hydrogen) atoms. The van der Waals surface area contributed by atoms with Gasteiger partial charge in [-0.3, -0.25) is 0 Å². The standard InChI is InChI=1S/C10H10O2.2C2H6/c1-7-10(11-2)8-5-3-4-6-9(8)12-7;2*1-2/h3-6H,1-2H3;2*1-2H3. The number of aryl methyl sites for hydroxylation is 1. The number of ether oxygens (including phenoxy) is 1. The van der Waals surface area contributed by atoms with Crippen LogP contribution in [0, 0.1) is 6.92 Å². The Morgan fingerprint density at radius 2 is 1.56 bits per heavy atom. The first-order valence-corrected chi connectivity index (χ1v) is 5.85. The van der Waals surface area contributed by atoms with Gasteiger partial charge < -0.3 is 9.15 Å². The summed E-state index contributed by atoms with van der Waals surface area (Å²) in [6.07, 6.45) is 0. The molecule has 2 nitrogen and oxygen atoms in total. The van der Waals surface area contributed by atoms with E-state index in [2.05, 4.69) is 0 Å². The Morgan fingerprint density at radius 3 is 2.12 bits per heavy atom. The topological polar surface area (TPSA) is 22.4 Å². The predicted molar refractivity (Wildman–Crippen MR) is 70.2 cm³/mol. The summed E-state index contributed by atoms with van der Waals surface area (Å²) in [6.45, 7) is 9.90. The van der Waals surface area contributed by atoms with Crippen molar-refractivity contribution >= 4 is 11.0 Å². The molecule has 2 rings (SSSR count). The molecular weight excluding hydrogens is 200 g/mol. The lowest BCUT2D eigenvalue weighted by molar-refractivity contribution is 0.402. The van der Waals surface area contributed by atoms with Crippen LogP contribution in [-0.4, -0.2) is 7.11 Å². The molecule has 0 bridgehead atoms. The average Bonchev–Trinajstić information content (AvgIpc) is 2.69. The Kier molecular flexibility index (Phi) is 7.10. The molecule has 0 unspecified atom stereocenters. The lowest BCUT2D eigenvalue weighted by Crippen LogP contribution is -1.81. The molecular formula is C14H22O2. The highest BCUT2D eigenvalue weighted by Gasteiger charge is 2.08. The van der Waals surface area contributed by atoms with Crippen LogP contribution >= 0.6 is 0 Å². The van der Waals surface area contributed by atoms with E-state index in [1.54, 1.807) is 7.11 Å². The number of hydrogen-bond acceptors (Lipinski definition) is 2. The summed E-state index contributed by atoms with van der Waals surface area (Å²) in [4.78, 5) is 0. The number of fused-ring (bicyclic) bond motifs is 1. The van der Waals surface area contributed by atoms with Crippen LogP contribution < -0.4 is 4.74 Å². The van der Waals surface area contributed by atoms with E-state index in [4.69, 9.17) is 9.15 Å². The van der Waals surface area contributed by atoms with Gasteiger partial charge in [0.2, 0.25) is 0 Å². The van der Waals surface area contributed by atoms with Gasteiger partial charge >= 0.3 is 0 Å². The summed E-state index contributed by atoms with van der Waals surface area (Å²) in [6, 6.07) is 7.85. The highest BCUT2D eigenvalue weighted by Crippen LogP contribution is 2.31. The fraction of sp³-hybridized carbons (Fsp3) is 0.429. The molecule has 0 saturated carbocycles. The van der Waals surface area contributed by atoms with Gasteiger partial charge in [0.1, 0.15) is 11.3 Å². The van der Waals surface area contributed by atoms with Crippen molar-refractivity contribution in [1.29, 1.82) is 0 Å². The SMILES string of the molecule is CC.CC.COc1c(C)oc2ccccc12. The molecule has 0 spiro atoms. The number of furan rings is 1. The molecule has 90 valence electrons. The number of hydrogen-bond donors (Lipinski definition) is 0. The minimum atomic E-state index is 0.832. The maximum atomic E-state index is 5.46. The van der Waals surface area contributed by atoms with Gasteiger partial charge in [-0.15, -0.1) is 0 Å². The Morgan fingerprint density at radius 1 is 1.00 bits per heavy atom. The zero-order valence-corrected chi connectivity index (χ0v) is 11.1. The van der Waals surface area contributed by atoms with Crippen LogP contribution in [0.2, 0.25) is 0 Å². The van der Waals surface area contributed by atoms with Crippen molar-refractivity contribution in [3.8, 4) is 5.75 Å². The number of benzene rings is 1. The molecule has 0 aliphatic rings. The predicted octanol–water partition coefficient (Wildman–Crippen LogP) is 4.80. The summed E-state index contributed by atoms with van der Waals surface area (Å²) in [5.41, 5.74) is 0.881. The van der Waals surface area contributed by atoms with Crippen LogP contribution in [0.3, 0.4) is 0 Å². The zero-order valence-electron chi connectivity index (χ0n) is 11.1. The largest absolute Gasteiger partial charge is 0.492 e. The van der Waals surface area contributed by atoms with E-state index in [0.717, 1.165) is 22.5 Å². The number of methoxy groups -OCH3 is 1. The van der Waals surface area contributed by atoms with Crippen molar-refractivity contribution in [2.24, 2.45) is 0 Å². The fourth-order valence-corrected chi connectivity index (χ4v) is 1.40. The average molecular weight is 222 g/mol. The third-order valence-corrected chi connectivity index (χ3v) is 1.92. The Bertz CT molecular complexity index is 402. The highest BCUT2D eigenvalue weighted by molar-refractivity contribution is 5.85. The summed E-state index contributed by atoms with van der Waals surface area (Å²) in [7, 11) is 1.66.